The van der Waals surface area contributed by atoms with E-state index in [0.717, 1.165) is 5.69 Å². The number of halogens is 2. The number of benzene rings is 1. The molecule has 0 fully saturated rings. The van der Waals surface area contributed by atoms with Crippen LogP contribution in [0.25, 0.3) is 0 Å². The smallest absolute Gasteiger partial charge is 0.316 e. The first-order valence-electron chi connectivity index (χ1n) is 8.69. The molecule has 2 amide bonds. The normalized spacial score (nSPS) is 10.8. The van der Waals surface area contributed by atoms with Gasteiger partial charge in [0.25, 0.3) is 5.91 Å². The highest BCUT2D eigenvalue weighted by molar-refractivity contribution is 6.31. The Morgan fingerprint density at radius 1 is 1.07 bits per heavy atom. The fourth-order valence-corrected chi connectivity index (χ4v) is 2.77. The third-order valence-electron chi connectivity index (χ3n) is 4.05. The number of carbonyl (C=O) groups excluding carboxylic acids is 2. The summed E-state index contributed by atoms with van der Waals surface area (Å²) < 4.78 is 6.62. The molecule has 0 radical (unpaired) electrons. The maximum absolute atomic E-state index is 12.1. The lowest BCUT2D eigenvalue weighted by molar-refractivity contribution is 0.0898. The molecule has 152 valence electrons. The van der Waals surface area contributed by atoms with Crippen LogP contribution < -0.4 is 10.6 Å². The number of hydrogen-bond acceptors (Lipinski definition) is 6. The molecule has 2 N–H and O–H groups in total. The standard InChI is InChI=1S/C18H18Cl2N6O3/c1-10-15(20)11(2)26(24-10)9-14-23-18(29-25-14)17(28)22-8-7-21-16(27)12-3-5-13(19)6-4-12/h3-6H,7-9H2,1-2H3,(H,21,27)(H,22,28). The van der Waals surface area contributed by atoms with E-state index in [2.05, 4.69) is 25.9 Å². The first kappa shape index (κ1) is 20.8. The lowest BCUT2D eigenvalue weighted by Crippen LogP contribution is -2.34. The fraction of sp³-hybridized carbons (Fsp3) is 0.278. The van der Waals surface area contributed by atoms with Gasteiger partial charge in [0, 0.05) is 23.7 Å². The van der Waals surface area contributed by atoms with Crippen molar-refractivity contribution in [2.45, 2.75) is 20.4 Å². The first-order valence-corrected chi connectivity index (χ1v) is 9.45. The van der Waals surface area contributed by atoms with Crippen molar-refractivity contribution in [2.24, 2.45) is 0 Å². The van der Waals surface area contributed by atoms with Crippen molar-refractivity contribution in [3.05, 3.63) is 63.0 Å². The van der Waals surface area contributed by atoms with Crippen LogP contribution in [0.2, 0.25) is 10.0 Å². The van der Waals surface area contributed by atoms with Gasteiger partial charge < -0.3 is 15.2 Å². The monoisotopic (exact) mass is 436 g/mol. The number of aryl methyl sites for hydroxylation is 1. The van der Waals surface area contributed by atoms with E-state index in [-0.39, 0.29) is 31.4 Å². The molecule has 0 spiro atoms. The van der Waals surface area contributed by atoms with Gasteiger partial charge in [0.1, 0.15) is 6.54 Å². The number of amides is 2. The predicted molar refractivity (Wildman–Crippen MR) is 106 cm³/mol. The van der Waals surface area contributed by atoms with Gasteiger partial charge in [-0.1, -0.05) is 28.4 Å². The first-order chi connectivity index (χ1) is 13.8. The molecular weight excluding hydrogens is 419 g/mol. The van der Waals surface area contributed by atoms with Crippen LogP contribution in [-0.4, -0.2) is 44.8 Å². The second-order valence-corrected chi connectivity index (χ2v) is 6.99. The Kier molecular flexibility index (Phi) is 6.50. The third kappa shape index (κ3) is 5.12. The predicted octanol–water partition coefficient (Wildman–Crippen LogP) is 2.40. The molecule has 2 heterocycles. The molecule has 3 aromatic rings. The van der Waals surface area contributed by atoms with Crippen molar-refractivity contribution in [3.8, 4) is 0 Å². The zero-order chi connectivity index (χ0) is 21.0. The molecule has 9 nitrogen and oxygen atoms in total. The van der Waals surface area contributed by atoms with Crippen LogP contribution in [0.1, 0.15) is 38.3 Å². The minimum absolute atomic E-state index is 0.170. The van der Waals surface area contributed by atoms with Gasteiger partial charge in [-0.15, -0.1) is 0 Å². The number of hydrogen-bond donors (Lipinski definition) is 2. The van der Waals surface area contributed by atoms with E-state index in [1.54, 1.807) is 35.9 Å². The van der Waals surface area contributed by atoms with Gasteiger partial charge >= 0.3 is 11.8 Å². The van der Waals surface area contributed by atoms with Gasteiger partial charge in [-0.3, -0.25) is 14.3 Å². The van der Waals surface area contributed by atoms with Crippen molar-refractivity contribution in [3.63, 3.8) is 0 Å². The van der Waals surface area contributed by atoms with E-state index >= 15 is 0 Å². The number of carbonyl (C=O) groups is 2. The lowest BCUT2D eigenvalue weighted by Gasteiger charge is -2.05. The van der Waals surface area contributed by atoms with Gasteiger partial charge in [-0.2, -0.15) is 10.1 Å². The Morgan fingerprint density at radius 2 is 1.72 bits per heavy atom. The van der Waals surface area contributed by atoms with Gasteiger partial charge in [-0.25, -0.2) is 0 Å². The van der Waals surface area contributed by atoms with Crippen LogP contribution in [0.4, 0.5) is 0 Å². The quantitative estimate of drug-likeness (QED) is 0.549. The molecule has 1 aromatic carbocycles. The minimum atomic E-state index is -0.532. The molecule has 0 saturated carbocycles. The molecule has 0 aliphatic heterocycles. The van der Waals surface area contributed by atoms with Gasteiger partial charge in [0.15, 0.2) is 5.82 Å². The van der Waals surface area contributed by atoms with Gasteiger partial charge in [-0.05, 0) is 38.1 Å². The Balaban J connectivity index is 1.47. The summed E-state index contributed by atoms with van der Waals surface area (Å²) in [5.74, 6) is -0.666. The molecule has 29 heavy (non-hydrogen) atoms. The Labute approximate surface area is 176 Å². The zero-order valence-electron chi connectivity index (χ0n) is 15.7. The van der Waals surface area contributed by atoms with Crippen LogP contribution >= 0.6 is 23.2 Å². The van der Waals surface area contributed by atoms with E-state index < -0.39 is 5.91 Å². The zero-order valence-corrected chi connectivity index (χ0v) is 17.2. The summed E-state index contributed by atoms with van der Waals surface area (Å²) in [7, 11) is 0. The average Bonchev–Trinajstić information content (AvgIpc) is 3.26. The van der Waals surface area contributed by atoms with Crippen molar-refractivity contribution >= 4 is 35.0 Å². The maximum atomic E-state index is 12.1. The summed E-state index contributed by atoms with van der Waals surface area (Å²) in [6.45, 7) is 4.29. The molecule has 3 rings (SSSR count). The molecule has 0 aliphatic rings. The van der Waals surface area contributed by atoms with Crippen molar-refractivity contribution in [1.82, 2.24) is 30.6 Å². The fourth-order valence-electron chi connectivity index (χ4n) is 2.50. The second-order valence-electron chi connectivity index (χ2n) is 6.18. The SMILES string of the molecule is Cc1nn(Cc2noc(C(=O)NCCNC(=O)c3ccc(Cl)cc3)n2)c(C)c1Cl. The van der Waals surface area contributed by atoms with Crippen LogP contribution in [0.15, 0.2) is 28.8 Å². The summed E-state index contributed by atoms with van der Waals surface area (Å²) in [4.78, 5) is 28.1. The summed E-state index contributed by atoms with van der Waals surface area (Å²) >= 11 is 11.9. The lowest BCUT2D eigenvalue weighted by atomic mass is 10.2. The van der Waals surface area contributed by atoms with E-state index in [9.17, 15) is 9.59 Å². The number of nitrogens with one attached hydrogen (secondary N) is 2. The number of aromatic nitrogens is 4. The topological polar surface area (TPSA) is 115 Å². The highest BCUT2D eigenvalue weighted by Gasteiger charge is 2.17. The van der Waals surface area contributed by atoms with E-state index in [1.165, 1.54) is 0 Å². The van der Waals surface area contributed by atoms with Crippen LogP contribution in [0, 0.1) is 13.8 Å². The minimum Gasteiger partial charge on any atom is -0.350 e. The molecular formula is C18H18Cl2N6O3. The third-order valence-corrected chi connectivity index (χ3v) is 4.85. The Bertz CT molecular complexity index is 1030. The number of rotatable bonds is 7. The molecule has 0 aliphatic carbocycles. The van der Waals surface area contributed by atoms with Crippen molar-refractivity contribution in [2.75, 3.05) is 13.1 Å². The Morgan fingerprint density at radius 3 is 2.34 bits per heavy atom. The second kappa shape index (κ2) is 9.06. The van der Waals surface area contributed by atoms with Crippen molar-refractivity contribution in [1.29, 1.82) is 0 Å². The van der Waals surface area contributed by atoms with Gasteiger partial charge in [0.05, 0.1) is 16.4 Å². The summed E-state index contributed by atoms with van der Waals surface area (Å²) in [5, 5.41) is 14.5. The Hall–Kier alpha value is -2.91. The molecule has 11 heteroatoms. The average molecular weight is 437 g/mol. The van der Waals surface area contributed by atoms with E-state index in [4.69, 9.17) is 27.7 Å². The largest absolute Gasteiger partial charge is 0.350 e. The summed E-state index contributed by atoms with van der Waals surface area (Å²) in [6.07, 6.45) is 0. The highest BCUT2D eigenvalue weighted by Crippen LogP contribution is 2.19. The van der Waals surface area contributed by atoms with Crippen LogP contribution in [0.3, 0.4) is 0 Å². The highest BCUT2D eigenvalue weighted by atomic mass is 35.5. The van der Waals surface area contributed by atoms with Crippen LogP contribution in [-0.2, 0) is 6.54 Å². The molecule has 0 unspecified atom stereocenters. The molecule has 0 bridgehead atoms. The van der Waals surface area contributed by atoms with Crippen LogP contribution in [0.5, 0.6) is 0 Å². The number of nitrogens with zero attached hydrogens (tertiary/aromatic N) is 4. The summed E-state index contributed by atoms with van der Waals surface area (Å²) in [6, 6.07) is 6.50. The van der Waals surface area contributed by atoms with Crippen molar-refractivity contribution < 1.29 is 14.1 Å². The van der Waals surface area contributed by atoms with E-state index in [0.29, 0.717) is 27.1 Å². The summed E-state index contributed by atoms with van der Waals surface area (Å²) in [5.41, 5.74) is 1.95. The molecule has 0 saturated heterocycles. The van der Waals surface area contributed by atoms with Gasteiger partial charge in [0.2, 0.25) is 0 Å². The molecule has 0 atom stereocenters. The molecule has 2 aromatic heterocycles. The maximum Gasteiger partial charge on any atom is 0.316 e. The van der Waals surface area contributed by atoms with E-state index in [1.807, 2.05) is 6.92 Å².